The first-order valence-corrected chi connectivity index (χ1v) is 17.4. The zero-order chi connectivity index (χ0) is 30.4. The van der Waals surface area contributed by atoms with Crippen molar-refractivity contribution in [2.24, 2.45) is 0 Å². The SMILES string of the molecule is CCC/C=C/CCC(CC/C=C/CCC)OC(=O)CCCCCCN(CCCCCCC=O)C(=O)SCCN(C)C. The highest BCUT2D eigenvalue weighted by Crippen LogP contribution is 2.16. The van der Waals surface area contributed by atoms with Crippen molar-refractivity contribution in [3.8, 4) is 0 Å². The number of hydrogen-bond donors (Lipinski definition) is 0. The van der Waals surface area contributed by atoms with Crippen LogP contribution < -0.4 is 0 Å². The van der Waals surface area contributed by atoms with Crippen molar-refractivity contribution in [1.29, 1.82) is 0 Å². The first-order chi connectivity index (χ1) is 19.9. The molecule has 0 saturated heterocycles. The van der Waals surface area contributed by atoms with E-state index in [1.54, 1.807) is 0 Å². The van der Waals surface area contributed by atoms with Gasteiger partial charge in [-0.25, -0.2) is 0 Å². The number of carbonyl (C=O) groups excluding carboxylic acids is 3. The third kappa shape index (κ3) is 27.0. The molecule has 6 nitrogen and oxygen atoms in total. The minimum absolute atomic E-state index is 0.0111. The molecule has 41 heavy (non-hydrogen) atoms. The van der Waals surface area contributed by atoms with Crippen LogP contribution in [0.25, 0.3) is 0 Å². The van der Waals surface area contributed by atoms with Crippen LogP contribution >= 0.6 is 11.8 Å². The van der Waals surface area contributed by atoms with Gasteiger partial charge in [0.15, 0.2) is 0 Å². The van der Waals surface area contributed by atoms with Crippen molar-refractivity contribution in [2.75, 3.05) is 39.5 Å². The predicted molar refractivity (Wildman–Crippen MR) is 177 cm³/mol. The van der Waals surface area contributed by atoms with Crippen LogP contribution in [0.5, 0.6) is 0 Å². The van der Waals surface area contributed by atoms with Crippen LogP contribution in [0.3, 0.4) is 0 Å². The lowest BCUT2D eigenvalue weighted by Gasteiger charge is -2.22. The molecule has 0 spiro atoms. The third-order valence-corrected chi connectivity index (χ3v) is 7.83. The Morgan fingerprint density at radius 1 is 0.707 bits per heavy atom. The van der Waals surface area contributed by atoms with Gasteiger partial charge in [-0.3, -0.25) is 9.59 Å². The monoisotopic (exact) mass is 594 g/mol. The summed E-state index contributed by atoms with van der Waals surface area (Å²) in [6, 6.07) is 0. The van der Waals surface area contributed by atoms with Crippen LogP contribution in [-0.4, -0.2) is 72.9 Å². The largest absolute Gasteiger partial charge is 0.462 e. The van der Waals surface area contributed by atoms with Crippen molar-refractivity contribution in [3.63, 3.8) is 0 Å². The predicted octanol–water partition coefficient (Wildman–Crippen LogP) is 8.99. The van der Waals surface area contributed by atoms with E-state index in [1.807, 2.05) is 19.0 Å². The van der Waals surface area contributed by atoms with Gasteiger partial charge in [0.05, 0.1) is 0 Å². The van der Waals surface area contributed by atoms with Crippen LogP contribution in [0.4, 0.5) is 4.79 Å². The van der Waals surface area contributed by atoms with E-state index in [0.717, 1.165) is 134 Å². The fraction of sp³-hybridized carbons (Fsp3) is 0.794. The highest BCUT2D eigenvalue weighted by Gasteiger charge is 2.15. The van der Waals surface area contributed by atoms with Crippen molar-refractivity contribution in [1.82, 2.24) is 9.80 Å². The van der Waals surface area contributed by atoms with Crippen molar-refractivity contribution >= 4 is 29.3 Å². The maximum Gasteiger partial charge on any atom is 0.306 e. The number of nitrogens with zero attached hydrogens (tertiary/aromatic N) is 2. The van der Waals surface area contributed by atoms with Gasteiger partial charge < -0.3 is 19.3 Å². The lowest BCUT2D eigenvalue weighted by molar-refractivity contribution is -0.149. The summed E-state index contributed by atoms with van der Waals surface area (Å²) in [5, 5.41) is 0.170. The summed E-state index contributed by atoms with van der Waals surface area (Å²) in [5.41, 5.74) is 0. The molecule has 0 N–H and O–H groups in total. The van der Waals surface area contributed by atoms with Gasteiger partial charge >= 0.3 is 5.97 Å². The second-order valence-corrected chi connectivity index (χ2v) is 12.3. The van der Waals surface area contributed by atoms with Crippen LogP contribution in [0.15, 0.2) is 24.3 Å². The summed E-state index contributed by atoms with van der Waals surface area (Å²) in [6.07, 6.45) is 27.0. The van der Waals surface area contributed by atoms with E-state index >= 15 is 0 Å². The first-order valence-electron chi connectivity index (χ1n) is 16.4. The van der Waals surface area contributed by atoms with Crippen LogP contribution in [0.1, 0.15) is 129 Å². The van der Waals surface area contributed by atoms with Crippen molar-refractivity contribution in [3.05, 3.63) is 24.3 Å². The Kier molecular flexibility index (Phi) is 28.7. The third-order valence-electron chi connectivity index (χ3n) is 6.93. The quantitative estimate of drug-likeness (QED) is 0.0390. The average molecular weight is 595 g/mol. The first kappa shape index (κ1) is 39.4. The van der Waals surface area contributed by atoms with E-state index in [-0.39, 0.29) is 17.3 Å². The topological polar surface area (TPSA) is 66.9 Å². The van der Waals surface area contributed by atoms with E-state index in [4.69, 9.17) is 4.74 Å². The normalized spacial score (nSPS) is 11.8. The van der Waals surface area contributed by atoms with Crippen LogP contribution in [0, 0.1) is 0 Å². The summed E-state index contributed by atoms with van der Waals surface area (Å²) >= 11 is 1.41. The number of esters is 1. The summed E-state index contributed by atoms with van der Waals surface area (Å²) < 4.78 is 5.89. The molecule has 0 aromatic rings. The smallest absolute Gasteiger partial charge is 0.306 e. The molecule has 0 aliphatic rings. The minimum Gasteiger partial charge on any atom is -0.462 e. The standard InChI is InChI=1S/C34H62N2O4S/c1-5-7-9-12-18-24-32(25-19-13-10-8-6-2)40-33(38)26-20-14-16-22-28-36(27-21-15-11-17-23-30-37)34(39)41-31-29-35(3)4/h9-10,12-13,30,32H,5-8,11,14-29,31H2,1-4H3/b12-9+,13-10+. The molecule has 0 atom stereocenters. The number of amides is 1. The maximum absolute atomic E-state index is 12.8. The molecule has 0 aromatic heterocycles. The highest BCUT2D eigenvalue weighted by atomic mass is 32.2. The summed E-state index contributed by atoms with van der Waals surface area (Å²) in [5.74, 6) is 0.725. The number of thioether (sulfide) groups is 1. The van der Waals surface area contributed by atoms with Crippen LogP contribution in [0.2, 0.25) is 0 Å². The number of allylic oxidation sites excluding steroid dienone is 4. The number of rotatable bonds is 28. The summed E-state index contributed by atoms with van der Waals surface area (Å²) in [6.45, 7) is 6.80. The molecule has 0 aromatic carbocycles. The molecule has 0 heterocycles. The molecule has 1 amide bonds. The average Bonchev–Trinajstić information content (AvgIpc) is 2.94. The van der Waals surface area contributed by atoms with Gasteiger partial charge in [0.1, 0.15) is 12.4 Å². The Labute approximate surface area is 257 Å². The lowest BCUT2D eigenvalue weighted by atomic mass is 10.1. The molecule has 0 rings (SSSR count). The molecule has 0 bridgehead atoms. The number of unbranched alkanes of at least 4 members (excludes halogenated alkanes) is 9. The number of aldehydes is 1. The van der Waals surface area contributed by atoms with E-state index in [2.05, 4.69) is 43.1 Å². The summed E-state index contributed by atoms with van der Waals surface area (Å²) in [7, 11) is 4.05. The lowest BCUT2D eigenvalue weighted by Crippen LogP contribution is -2.30. The van der Waals surface area contributed by atoms with Gasteiger partial charge in [-0.15, -0.1) is 0 Å². The molecule has 0 aliphatic heterocycles. The van der Waals surface area contributed by atoms with Crippen molar-refractivity contribution < 1.29 is 19.1 Å². The van der Waals surface area contributed by atoms with Gasteiger partial charge in [-0.1, -0.05) is 88.4 Å². The van der Waals surface area contributed by atoms with E-state index < -0.39 is 0 Å². The Bertz CT molecular complexity index is 676. The van der Waals surface area contributed by atoms with Gasteiger partial charge in [0.2, 0.25) is 0 Å². The second kappa shape index (κ2) is 29.9. The highest BCUT2D eigenvalue weighted by molar-refractivity contribution is 8.13. The van der Waals surface area contributed by atoms with Gasteiger partial charge in [0.25, 0.3) is 5.24 Å². The van der Waals surface area contributed by atoms with Gasteiger partial charge in [0, 0.05) is 38.2 Å². The maximum atomic E-state index is 12.8. The van der Waals surface area contributed by atoms with Gasteiger partial charge in [-0.2, -0.15) is 0 Å². The molecule has 0 aliphatic carbocycles. The summed E-state index contributed by atoms with van der Waals surface area (Å²) in [4.78, 5) is 40.0. The minimum atomic E-state index is -0.0752. The Balaban J connectivity index is 4.45. The van der Waals surface area contributed by atoms with Gasteiger partial charge in [-0.05, 0) is 78.3 Å². The Morgan fingerprint density at radius 2 is 1.24 bits per heavy atom. The second-order valence-electron chi connectivity index (χ2n) is 11.2. The molecule has 7 heteroatoms. The fourth-order valence-corrected chi connectivity index (χ4v) is 5.38. The fourth-order valence-electron chi connectivity index (χ4n) is 4.39. The molecule has 0 radical (unpaired) electrons. The molecule has 0 fully saturated rings. The number of ether oxygens (including phenoxy) is 1. The van der Waals surface area contributed by atoms with E-state index in [0.29, 0.717) is 12.8 Å². The van der Waals surface area contributed by atoms with E-state index in [9.17, 15) is 14.4 Å². The zero-order valence-corrected chi connectivity index (χ0v) is 27.8. The van der Waals surface area contributed by atoms with Crippen molar-refractivity contribution in [2.45, 2.75) is 136 Å². The zero-order valence-electron chi connectivity index (χ0n) is 27.0. The number of hydrogen-bond acceptors (Lipinski definition) is 6. The Hall–Kier alpha value is -1.60. The molecular formula is C34H62N2O4S. The molecule has 0 unspecified atom stereocenters. The molecular weight excluding hydrogens is 532 g/mol. The van der Waals surface area contributed by atoms with E-state index in [1.165, 1.54) is 11.8 Å². The number of carbonyl (C=O) groups is 3. The molecule has 0 saturated carbocycles. The van der Waals surface area contributed by atoms with Crippen LogP contribution in [-0.2, 0) is 14.3 Å². The molecule has 238 valence electrons. The Morgan fingerprint density at radius 3 is 1.78 bits per heavy atom.